The largest absolute Gasteiger partial charge is 0.329 e. The average molecular weight is 297 g/mol. The van der Waals surface area contributed by atoms with Gasteiger partial charge < -0.3 is 9.30 Å². The molecule has 1 aliphatic rings. The van der Waals surface area contributed by atoms with Crippen molar-refractivity contribution in [2.45, 2.75) is 18.9 Å². The molecule has 21 heavy (non-hydrogen) atoms. The Labute approximate surface area is 126 Å². The molecule has 106 valence electrons. The highest BCUT2D eigenvalue weighted by Gasteiger charge is 2.32. The van der Waals surface area contributed by atoms with E-state index in [2.05, 4.69) is 15.5 Å². The van der Waals surface area contributed by atoms with Crippen LogP contribution in [0.4, 0.5) is 0 Å². The Bertz CT molecular complexity index is 778. The average Bonchev–Trinajstić information content (AvgIpc) is 3.24. The number of pyridine rings is 1. The Morgan fingerprint density at radius 1 is 1.29 bits per heavy atom. The normalized spacial score (nSPS) is 18.5. The molecular weight excluding hydrogens is 282 g/mol. The number of rotatable bonds is 2. The van der Waals surface area contributed by atoms with Crippen LogP contribution >= 0.6 is 11.3 Å². The molecule has 1 saturated heterocycles. The summed E-state index contributed by atoms with van der Waals surface area (Å²) in [5, 5.41) is 1.95. The number of likely N-dealkylation sites (tertiary alicyclic amines) is 1. The highest BCUT2D eigenvalue weighted by Crippen LogP contribution is 2.33. The van der Waals surface area contributed by atoms with Crippen molar-refractivity contribution in [3.05, 3.63) is 58.7 Å². The zero-order valence-corrected chi connectivity index (χ0v) is 12.3. The van der Waals surface area contributed by atoms with E-state index in [1.807, 2.05) is 40.7 Å². The van der Waals surface area contributed by atoms with Crippen LogP contribution in [0.5, 0.6) is 0 Å². The van der Waals surface area contributed by atoms with E-state index in [0.29, 0.717) is 0 Å². The molecule has 0 spiro atoms. The predicted octanol–water partition coefficient (Wildman–Crippen LogP) is 3.37. The number of nitrogens with zero attached hydrogens (tertiary/aromatic N) is 3. The Kier molecular flexibility index (Phi) is 3.00. The third-order valence-corrected chi connectivity index (χ3v) is 4.90. The van der Waals surface area contributed by atoms with Crippen molar-refractivity contribution in [3.63, 3.8) is 0 Å². The van der Waals surface area contributed by atoms with Crippen molar-refractivity contribution in [1.29, 1.82) is 0 Å². The second-order valence-corrected chi connectivity index (χ2v) is 6.19. The topological polar surface area (TPSA) is 37.6 Å². The van der Waals surface area contributed by atoms with Gasteiger partial charge in [-0.2, -0.15) is 0 Å². The maximum absolute atomic E-state index is 12.7. The molecule has 3 aromatic rings. The van der Waals surface area contributed by atoms with Gasteiger partial charge in [-0.1, -0.05) is 12.1 Å². The van der Waals surface area contributed by atoms with Gasteiger partial charge in [0.25, 0.3) is 5.91 Å². The third-order valence-electron chi connectivity index (χ3n) is 4.05. The van der Waals surface area contributed by atoms with Crippen molar-refractivity contribution in [3.8, 4) is 0 Å². The van der Waals surface area contributed by atoms with Gasteiger partial charge in [0.05, 0.1) is 10.9 Å². The molecule has 1 atom stereocenters. The number of imidazole rings is 1. The molecule has 0 bridgehead atoms. The summed E-state index contributed by atoms with van der Waals surface area (Å²) in [5.74, 6) is 0.143. The summed E-state index contributed by atoms with van der Waals surface area (Å²) < 4.78 is 2.09. The number of carbonyl (C=O) groups is 1. The number of hydrogen-bond acceptors (Lipinski definition) is 3. The highest BCUT2D eigenvalue weighted by atomic mass is 32.1. The van der Waals surface area contributed by atoms with Gasteiger partial charge in [-0.25, -0.2) is 4.98 Å². The molecule has 5 heteroatoms. The number of hydrogen-bond donors (Lipinski definition) is 0. The predicted molar refractivity (Wildman–Crippen MR) is 82.5 cm³/mol. The van der Waals surface area contributed by atoms with Crippen LogP contribution in [0.1, 0.15) is 34.2 Å². The summed E-state index contributed by atoms with van der Waals surface area (Å²) in [6.45, 7) is 0.826. The molecule has 3 aromatic heterocycles. The summed E-state index contributed by atoms with van der Waals surface area (Å²) in [4.78, 5) is 19.8. The summed E-state index contributed by atoms with van der Waals surface area (Å²) in [7, 11) is 0. The monoisotopic (exact) mass is 297 g/mol. The molecule has 0 N–H and O–H groups in total. The standard InChI is InChI=1S/C16H15N3OS/c20-16(14-6-3-11-21-14)19-9-2-5-13(19)12-4-1-7-15-17-8-10-18(12)15/h1,3-4,6-8,10-11,13H,2,5,9H2/t13-/m0/s1. The lowest BCUT2D eigenvalue weighted by Crippen LogP contribution is -2.30. The molecule has 1 aliphatic heterocycles. The van der Waals surface area contributed by atoms with Crippen molar-refractivity contribution in [2.75, 3.05) is 6.54 Å². The van der Waals surface area contributed by atoms with Crippen molar-refractivity contribution >= 4 is 22.9 Å². The summed E-state index contributed by atoms with van der Waals surface area (Å²) >= 11 is 1.51. The number of fused-ring (bicyclic) bond motifs is 1. The zero-order chi connectivity index (χ0) is 14.2. The van der Waals surface area contributed by atoms with Crippen LogP contribution in [0.2, 0.25) is 0 Å². The van der Waals surface area contributed by atoms with E-state index in [-0.39, 0.29) is 11.9 Å². The molecule has 4 rings (SSSR count). The quantitative estimate of drug-likeness (QED) is 0.727. The van der Waals surface area contributed by atoms with E-state index in [9.17, 15) is 4.79 Å². The third kappa shape index (κ3) is 2.05. The van der Waals surface area contributed by atoms with Crippen molar-refractivity contribution < 1.29 is 4.79 Å². The Hall–Kier alpha value is -2.14. The second-order valence-electron chi connectivity index (χ2n) is 5.24. The van der Waals surface area contributed by atoms with E-state index < -0.39 is 0 Å². The number of thiophene rings is 1. The molecule has 0 unspecified atom stereocenters. The van der Waals surface area contributed by atoms with Crippen LogP contribution in [0, 0.1) is 0 Å². The SMILES string of the molecule is O=C(c1cccs1)N1CCC[C@H]1c1cccc2nccn12. The fraction of sp³-hybridized carbons (Fsp3) is 0.250. The Balaban J connectivity index is 1.74. The van der Waals surface area contributed by atoms with Gasteiger partial charge in [0.15, 0.2) is 0 Å². The first-order valence-corrected chi connectivity index (χ1v) is 7.99. The summed E-state index contributed by atoms with van der Waals surface area (Å²) in [6.07, 6.45) is 5.83. The lowest BCUT2D eigenvalue weighted by Gasteiger charge is -2.25. The van der Waals surface area contributed by atoms with E-state index >= 15 is 0 Å². The zero-order valence-electron chi connectivity index (χ0n) is 11.5. The Morgan fingerprint density at radius 3 is 3.10 bits per heavy atom. The van der Waals surface area contributed by atoms with Gasteiger partial charge in [0.2, 0.25) is 0 Å². The minimum absolute atomic E-state index is 0.137. The van der Waals surface area contributed by atoms with Crippen LogP contribution in [0.25, 0.3) is 5.65 Å². The first-order chi connectivity index (χ1) is 10.3. The molecule has 1 amide bonds. The van der Waals surface area contributed by atoms with Gasteiger partial charge in [-0.3, -0.25) is 4.79 Å². The number of amides is 1. The molecule has 1 fully saturated rings. The van der Waals surface area contributed by atoms with E-state index in [4.69, 9.17) is 0 Å². The molecule has 0 aliphatic carbocycles. The van der Waals surface area contributed by atoms with Crippen LogP contribution in [0.15, 0.2) is 48.1 Å². The van der Waals surface area contributed by atoms with Gasteiger partial charge in [0.1, 0.15) is 5.65 Å². The lowest BCUT2D eigenvalue weighted by atomic mass is 10.1. The van der Waals surface area contributed by atoms with E-state index in [1.165, 1.54) is 11.3 Å². The summed E-state index contributed by atoms with van der Waals surface area (Å²) in [5.41, 5.74) is 2.08. The van der Waals surface area contributed by atoms with Gasteiger partial charge in [0, 0.05) is 24.6 Å². The van der Waals surface area contributed by atoms with Gasteiger partial charge in [-0.15, -0.1) is 11.3 Å². The smallest absolute Gasteiger partial charge is 0.264 e. The van der Waals surface area contributed by atoms with Crippen molar-refractivity contribution in [2.24, 2.45) is 0 Å². The minimum Gasteiger partial charge on any atom is -0.329 e. The molecule has 4 nitrogen and oxygen atoms in total. The van der Waals surface area contributed by atoms with Crippen LogP contribution < -0.4 is 0 Å². The van der Waals surface area contributed by atoms with Gasteiger partial charge >= 0.3 is 0 Å². The molecular formula is C16H15N3OS. The Morgan fingerprint density at radius 2 is 2.24 bits per heavy atom. The number of aromatic nitrogens is 2. The fourth-order valence-electron chi connectivity index (χ4n) is 3.10. The minimum atomic E-state index is 0.137. The summed E-state index contributed by atoms with van der Waals surface area (Å²) in [6, 6.07) is 10.1. The van der Waals surface area contributed by atoms with Crippen LogP contribution in [-0.2, 0) is 0 Å². The molecule has 4 heterocycles. The van der Waals surface area contributed by atoms with Crippen molar-refractivity contribution in [1.82, 2.24) is 14.3 Å². The first kappa shape index (κ1) is 12.6. The maximum Gasteiger partial charge on any atom is 0.264 e. The fourth-order valence-corrected chi connectivity index (χ4v) is 3.78. The lowest BCUT2D eigenvalue weighted by molar-refractivity contribution is 0.0737. The second kappa shape index (κ2) is 5.00. The van der Waals surface area contributed by atoms with Gasteiger partial charge in [-0.05, 0) is 36.4 Å². The highest BCUT2D eigenvalue weighted by molar-refractivity contribution is 7.12. The molecule has 0 aromatic carbocycles. The van der Waals surface area contributed by atoms with Crippen LogP contribution in [-0.4, -0.2) is 26.7 Å². The van der Waals surface area contributed by atoms with E-state index in [0.717, 1.165) is 35.6 Å². The first-order valence-electron chi connectivity index (χ1n) is 7.11. The number of carbonyl (C=O) groups excluding carboxylic acids is 1. The van der Waals surface area contributed by atoms with Crippen LogP contribution in [0.3, 0.4) is 0 Å². The molecule has 0 radical (unpaired) electrons. The molecule has 0 saturated carbocycles. The van der Waals surface area contributed by atoms with E-state index in [1.54, 1.807) is 6.20 Å². The maximum atomic E-state index is 12.7.